The van der Waals surface area contributed by atoms with Crippen LogP contribution in [0, 0.1) is 6.92 Å². The molecule has 10 heteroatoms. The number of carbonyl (C=O) groups excluding carboxylic acids is 2. The van der Waals surface area contributed by atoms with Crippen LogP contribution >= 0.6 is 0 Å². The largest absolute Gasteiger partial charge is 0.454 e. The lowest BCUT2D eigenvalue weighted by Crippen LogP contribution is -2.49. The van der Waals surface area contributed by atoms with E-state index in [4.69, 9.17) is 9.47 Å². The first-order valence-electron chi connectivity index (χ1n) is 12.0. The molecule has 0 saturated heterocycles. The fraction of sp³-hybridized carbons (Fsp3) is 0.462. The summed E-state index contributed by atoms with van der Waals surface area (Å²) < 4.78 is 37.0. The van der Waals surface area contributed by atoms with Crippen LogP contribution in [-0.4, -0.2) is 56.8 Å². The lowest BCUT2D eigenvalue weighted by molar-refractivity contribution is -0.140. The molecule has 2 amide bonds. The van der Waals surface area contributed by atoms with Crippen LogP contribution in [0.3, 0.4) is 0 Å². The van der Waals surface area contributed by atoms with Gasteiger partial charge < -0.3 is 19.7 Å². The highest BCUT2D eigenvalue weighted by Gasteiger charge is 2.27. The Labute approximate surface area is 213 Å². The van der Waals surface area contributed by atoms with Gasteiger partial charge in [-0.25, -0.2) is 8.42 Å². The fourth-order valence-electron chi connectivity index (χ4n) is 3.92. The normalized spacial score (nSPS) is 13.4. The minimum absolute atomic E-state index is 0.0544. The Kier molecular flexibility index (Phi) is 8.84. The van der Waals surface area contributed by atoms with Crippen molar-refractivity contribution < 1.29 is 27.5 Å². The molecule has 0 fully saturated rings. The summed E-state index contributed by atoms with van der Waals surface area (Å²) in [4.78, 5) is 27.6. The molecule has 0 unspecified atom stereocenters. The number of nitrogens with zero attached hydrogens (tertiary/aromatic N) is 2. The third-order valence-electron chi connectivity index (χ3n) is 5.87. The maximum atomic E-state index is 13.3. The Hall–Kier alpha value is -3.27. The number of amides is 2. The second-order valence-electron chi connectivity index (χ2n) is 9.32. The van der Waals surface area contributed by atoms with Crippen LogP contribution in [0.4, 0.5) is 5.69 Å². The molecule has 196 valence electrons. The summed E-state index contributed by atoms with van der Waals surface area (Å²) in [5.74, 6) is 0.582. The number of nitrogens with one attached hydrogen (secondary N) is 1. The summed E-state index contributed by atoms with van der Waals surface area (Å²) in [5.41, 5.74) is 2.46. The molecule has 1 N–H and O–H groups in total. The van der Waals surface area contributed by atoms with Crippen molar-refractivity contribution in [2.24, 2.45) is 0 Å². The van der Waals surface area contributed by atoms with E-state index in [1.165, 1.54) is 4.31 Å². The van der Waals surface area contributed by atoms with Crippen molar-refractivity contribution in [3.63, 3.8) is 0 Å². The monoisotopic (exact) mass is 517 g/mol. The Balaban J connectivity index is 1.72. The van der Waals surface area contributed by atoms with E-state index in [1.54, 1.807) is 30.0 Å². The molecule has 2 aromatic carbocycles. The summed E-state index contributed by atoms with van der Waals surface area (Å²) in [6.45, 7) is 7.90. The van der Waals surface area contributed by atoms with Crippen LogP contribution in [0.5, 0.6) is 11.5 Å². The Morgan fingerprint density at radius 3 is 2.33 bits per heavy atom. The molecule has 9 nitrogen and oxygen atoms in total. The van der Waals surface area contributed by atoms with Crippen molar-refractivity contribution >= 4 is 27.5 Å². The molecule has 36 heavy (non-hydrogen) atoms. The fourth-order valence-corrected chi connectivity index (χ4v) is 4.88. The molecule has 0 aliphatic carbocycles. The van der Waals surface area contributed by atoms with Gasteiger partial charge in [-0.05, 0) is 51.8 Å². The van der Waals surface area contributed by atoms with E-state index in [0.29, 0.717) is 17.2 Å². The van der Waals surface area contributed by atoms with Crippen molar-refractivity contribution in [3.8, 4) is 11.5 Å². The third-order valence-corrected chi connectivity index (χ3v) is 7.06. The summed E-state index contributed by atoms with van der Waals surface area (Å²) in [6.07, 6.45) is 1.49. The molecule has 3 rings (SSSR count). The first-order valence-corrected chi connectivity index (χ1v) is 13.8. The van der Waals surface area contributed by atoms with Crippen molar-refractivity contribution in [1.82, 2.24) is 10.2 Å². The first kappa shape index (κ1) is 27.3. The molecule has 0 spiro atoms. The molecule has 1 atom stereocenters. The first-order chi connectivity index (χ1) is 17.0. The summed E-state index contributed by atoms with van der Waals surface area (Å²) in [7, 11) is -3.60. The predicted molar refractivity (Wildman–Crippen MR) is 138 cm³/mol. The molecule has 0 saturated carbocycles. The van der Waals surface area contributed by atoms with Crippen LogP contribution in [0.1, 0.15) is 44.7 Å². The summed E-state index contributed by atoms with van der Waals surface area (Å²) in [5, 5.41) is 2.87. The van der Waals surface area contributed by atoms with E-state index >= 15 is 0 Å². The number of ether oxygens (including phenoxy) is 2. The van der Waals surface area contributed by atoms with Gasteiger partial charge in [0.15, 0.2) is 11.5 Å². The minimum atomic E-state index is -3.60. The molecular weight excluding hydrogens is 482 g/mol. The highest BCUT2D eigenvalue weighted by Crippen LogP contribution is 2.36. The van der Waals surface area contributed by atoms with Crippen molar-refractivity contribution in [3.05, 3.63) is 53.6 Å². The third kappa shape index (κ3) is 7.13. The van der Waals surface area contributed by atoms with Gasteiger partial charge in [0.1, 0.15) is 6.04 Å². The van der Waals surface area contributed by atoms with Gasteiger partial charge in [-0.15, -0.1) is 0 Å². The number of hydrogen-bond donors (Lipinski definition) is 1. The van der Waals surface area contributed by atoms with Gasteiger partial charge in [0, 0.05) is 31.6 Å². The average molecular weight is 518 g/mol. The van der Waals surface area contributed by atoms with Crippen LogP contribution < -0.4 is 19.1 Å². The minimum Gasteiger partial charge on any atom is -0.454 e. The van der Waals surface area contributed by atoms with Gasteiger partial charge in [-0.2, -0.15) is 0 Å². The number of hydrogen-bond acceptors (Lipinski definition) is 6. The van der Waals surface area contributed by atoms with Gasteiger partial charge in [-0.3, -0.25) is 13.9 Å². The zero-order chi connectivity index (χ0) is 26.5. The second-order valence-corrected chi connectivity index (χ2v) is 11.2. The highest BCUT2D eigenvalue weighted by molar-refractivity contribution is 7.92. The number of rotatable bonds is 11. The van der Waals surface area contributed by atoms with Gasteiger partial charge in [0.2, 0.25) is 28.6 Å². The average Bonchev–Trinajstić information content (AvgIpc) is 3.27. The van der Waals surface area contributed by atoms with Crippen molar-refractivity contribution in [2.45, 2.75) is 59.2 Å². The van der Waals surface area contributed by atoms with Crippen LogP contribution in [0.2, 0.25) is 0 Å². The maximum Gasteiger partial charge on any atom is 0.242 e. The number of fused-ring (bicyclic) bond motifs is 1. The Morgan fingerprint density at radius 2 is 1.69 bits per heavy atom. The number of sulfonamides is 1. The highest BCUT2D eigenvalue weighted by atomic mass is 32.2. The molecular formula is C26H35N3O6S. The van der Waals surface area contributed by atoms with E-state index < -0.39 is 16.1 Å². The van der Waals surface area contributed by atoms with Gasteiger partial charge in [-0.1, -0.05) is 29.8 Å². The van der Waals surface area contributed by atoms with E-state index in [9.17, 15) is 18.0 Å². The van der Waals surface area contributed by atoms with Gasteiger partial charge >= 0.3 is 0 Å². The van der Waals surface area contributed by atoms with Crippen LogP contribution in [-0.2, 0) is 26.2 Å². The number of carbonyl (C=O) groups is 2. The van der Waals surface area contributed by atoms with E-state index in [-0.39, 0.29) is 50.6 Å². The SMILES string of the molecule is Cc1ccc(CN(C(=O)CCCN(c2ccc3c(c2)OCO3)S(C)(=O)=O)[C@@H](C)C(=O)NC(C)C)cc1. The predicted octanol–water partition coefficient (Wildman–Crippen LogP) is 3.21. The number of aryl methyl sites for hydroxylation is 1. The molecule has 0 aromatic heterocycles. The van der Waals surface area contributed by atoms with Crippen molar-refractivity contribution in [2.75, 3.05) is 23.9 Å². The molecule has 2 aromatic rings. The lowest BCUT2D eigenvalue weighted by Gasteiger charge is -2.30. The Bertz CT molecular complexity index is 1180. The van der Waals surface area contributed by atoms with Crippen LogP contribution in [0.15, 0.2) is 42.5 Å². The zero-order valence-corrected chi connectivity index (χ0v) is 22.3. The standard InChI is InChI=1S/C26H35N3O6S/c1-18(2)27-26(31)20(4)28(16-21-10-8-19(3)9-11-21)25(30)7-6-14-29(36(5,32)33)22-12-13-23-24(15-22)35-17-34-23/h8-13,15,18,20H,6-7,14,16-17H2,1-5H3,(H,27,31)/t20-/m0/s1. The van der Waals surface area contributed by atoms with E-state index in [1.807, 2.05) is 45.0 Å². The summed E-state index contributed by atoms with van der Waals surface area (Å²) >= 11 is 0. The lowest BCUT2D eigenvalue weighted by atomic mass is 10.1. The van der Waals surface area contributed by atoms with Crippen molar-refractivity contribution in [1.29, 1.82) is 0 Å². The molecule has 1 aliphatic heterocycles. The second kappa shape index (κ2) is 11.6. The zero-order valence-electron chi connectivity index (χ0n) is 21.5. The topological polar surface area (TPSA) is 105 Å². The van der Waals surface area contributed by atoms with Gasteiger partial charge in [0.05, 0.1) is 11.9 Å². The van der Waals surface area contributed by atoms with E-state index in [2.05, 4.69) is 5.32 Å². The summed E-state index contributed by atoms with van der Waals surface area (Å²) in [6, 6.07) is 12.0. The quantitative estimate of drug-likeness (QED) is 0.491. The van der Waals surface area contributed by atoms with E-state index in [0.717, 1.165) is 17.4 Å². The smallest absolute Gasteiger partial charge is 0.242 e. The molecule has 0 bridgehead atoms. The number of anilines is 1. The van der Waals surface area contributed by atoms with Gasteiger partial charge in [0.25, 0.3) is 0 Å². The van der Waals surface area contributed by atoms with Crippen LogP contribution in [0.25, 0.3) is 0 Å². The Morgan fingerprint density at radius 1 is 1.03 bits per heavy atom. The maximum absolute atomic E-state index is 13.3. The molecule has 1 heterocycles. The molecule has 1 aliphatic rings. The molecule has 0 radical (unpaired) electrons. The number of benzene rings is 2.